The van der Waals surface area contributed by atoms with E-state index in [1.165, 1.54) is 11.8 Å². The molecule has 158 valence electrons. The van der Waals surface area contributed by atoms with Gasteiger partial charge in [-0.1, -0.05) is 35.5 Å². The Morgan fingerprint density at radius 3 is 2.50 bits per heavy atom. The van der Waals surface area contributed by atoms with Gasteiger partial charge in [0.2, 0.25) is 5.91 Å². The van der Waals surface area contributed by atoms with Gasteiger partial charge in [-0.15, -0.1) is 0 Å². The molecule has 0 radical (unpaired) electrons. The van der Waals surface area contributed by atoms with Crippen LogP contribution in [-0.4, -0.2) is 58.9 Å². The van der Waals surface area contributed by atoms with Crippen molar-refractivity contribution in [1.29, 1.82) is 0 Å². The topological polar surface area (TPSA) is 56.2 Å². The van der Waals surface area contributed by atoms with Gasteiger partial charge in [-0.3, -0.25) is 9.59 Å². The van der Waals surface area contributed by atoms with Crippen LogP contribution in [0.3, 0.4) is 0 Å². The number of hydrogen-bond donors (Lipinski definition) is 0. The van der Waals surface area contributed by atoms with Crippen molar-refractivity contribution >= 4 is 40.3 Å². The Bertz CT molecular complexity index is 962. The molecule has 0 bridgehead atoms. The summed E-state index contributed by atoms with van der Waals surface area (Å²) in [5.74, 6) is 0.0413. The standard InChI is InChI=1S/C22H25ClN4O2S/c1-14-19(21(29)25(2)3)20(15-6-8-16(23)9-7-15)27-17(13-30-22(27)24-14)12-18(28)26-10-4-5-11-26/h6-9,13,20H,4-5,10-12H2,1-3H3. The molecule has 8 heteroatoms. The SMILES string of the molecule is CC1=C(C(=O)N(C)C)C(c2ccc(Cl)cc2)N2C(CC(=O)N3CCCC3)=CSC2=N1. The number of amides is 2. The third kappa shape index (κ3) is 3.88. The predicted molar refractivity (Wildman–Crippen MR) is 121 cm³/mol. The van der Waals surface area contributed by atoms with E-state index in [-0.39, 0.29) is 17.9 Å². The van der Waals surface area contributed by atoms with Crippen LogP contribution in [0.15, 0.2) is 51.6 Å². The lowest BCUT2D eigenvalue weighted by atomic mass is 9.93. The molecule has 0 N–H and O–H groups in total. The quantitative estimate of drug-likeness (QED) is 0.703. The number of allylic oxidation sites excluding steroid dienone is 1. The number of likely N-dealkylation sites (N-methyl/N-ethyl adjacent to an activating group) is 1. The van der Waals surface area contributed by atoms with Gasteiger partial charge < -0.3 is 14.7 Å². The summed E-state index contributed by atoms with van der Waals surface area (Å²) < 4.78 is 0. The van der Waals surface area contributed by atoms with Crippen molar-refractivity contribution in [3.63, 3.8) is 0 Å². The lowest BCUT2D eigenvalue weighted by Gasteiger charge is -2.37. The Morgan fingerprint density at radius 1 is 1.20 bits per heavy atom. The molecule has 0 aromatic heterocycles. The first-order valence-corrected chi connectivity index (χ1v) is 11.3. The number of carbonyl (C=O) groups excluding carboxylic acids is 2. The monoisotopic (exact) mass is 444 g/mol. The normalized spacial score (nSPS) is 20.9. The van der Waals surface area contributed by atoms with Gasteiger partial charge in [-0.2, -0.15) is 0 Å². The van der Waals surface area contributed by atoms with Crippen LogP contribution in [0.5, 0.6) is 0 Å². The molecule has 1 aromatic carbocycles. The number of thioether (sulfide) groups is 1. The van der Waals surface area contributed by atoms with Crippen LogP contribution in [-0.2, 0) is 9.59 Å². The molecule has 1 unspecified atom stereocenters. The highest BCUT2D eigenvalue weighted by Gasteiger charge is 2.41. The van der Waals surface area contributed by atoms with Crippen LogP contribution in [0.4, 0.5) is 0 Å². The molecule has 3 aliphatic rings. The van der Waals surface area contributed by atoms with Gasteiger partial charge in [-0.25, -0.2) is 4.99 Å². The van der Waals surface area contributed by atoms with Crippen molar-refractivity contribution in [1.82, 2.24) is 14.7 Å². The first kappa shape index (κ1) is 21.0. The molecule has 6 nitrogen and oxygen atoms in total. The zero-order valence-corrected chi connectivity index (χ0v) is 19.0. The van der Waals surface area contributed by atoms with Gasteiger partial charge in [-0.05, 0) is 42.9 Å². The third-order valence-electron chi connectivity index (χ3n) is 5.61. The molecular formula is C22H25ClN4O2S. The van der Waals surface area contributed by atoms with Crippen molar-refractivity contribution in [3.8, 4) is 0 Å². The zero-order valence-electron chi connectivity index (χ0n) is 17.4. The van der Waals surface area contributed by atoms with Crippen LogP contribution < -0.4 is 0 Å². The van der Waals surface area contributed by atoms with E-state index in [2.05, 4.69) is 0 Å². The summed E-state index contributed by atoms with van der Waals surface area (Å²) in [6, 6.07) is 7.19. The smallest absolute Gasteiger partial charge is 0.253 e. The summed E-state index contributed by atoms with van der Waals surface area (Å²) >= 11 is 7.62. The molecule has 2 amide bonds. The molecule has 3 aliphatic heterocycles. The first-order valence-electron chi connectivity index (χ1n) is 10.1. The minimum atomic E-state index is -0.350. The molecule has 30 heavy (non-hydrogen) atoms. The molecule has 1 saturated heterocycles. The predicted octanol–water partition coefficient (Wildman–Crippen LogP) is 4.02. The molecule has 0 aliphatic carbocycles. The Kier molecular flexibility index (Phi) is 5.93. The lowest BCUT2D eigenvalue weighted by Crippen LogP contribution is -2.40. The Labute approximate surface area is 186 Å². The van der Waals surface area contributed by atoms with Crippen molar-refractivity contribution in [2.45, 2.75) is 32.2 Å². The van der Waals surface area contributed by atoms with Gasteiger partial charge in [0, 0.05) is 37.9 Å². The van der Waals surface area contributed by atoms with Crippen LogP contribution >= 0.6 is 23.4 Å². The number of halogens is 1. The number of aliphatic imine (C=N–C) groups is 1. The minimum Gasteiger partial charge on any atom is -0.345 e. The summed E-state index contributed by atoms with van der Waals surface area (Å²) in [5, 5.41) is 3.43. The summed E-state index contributed by atoms with van der Waals surface area (Å²) in [6.45, 7) is 3.52. The Balaban J connectivity index is 1.73. The van der Waals surface area contributed by atoms with Gasteiger partial charge in [0.25, 0.3) is 5.91 Å². The maximum atomic E-state index is 13.1. The van der Waals surface area contributed by atoms with Crippen LogP contribution in [0.25, 0.3) is 0 Å². The Morgan fingerprint density at radius 2 is 1.87 bits per heavy atom. The number of hydrogen-bond acceptors (Lipinski definition) is 5. The molecule has 0 saturated carbocycles. The second kappa shape index (κ2) is 8.47. The molecule has 1 atom stereocenters. The maximum absolute atomic E-state index is 13.1. The van der Waals surface area contributed by atoms with E-state index in [1.54, 1.807) is 19.0 Å². The number of rotatable bonds is 4. The number of likely N-dealkylation sites (tertiary alicyclic amines) is 1. The zero-order chi connectivity index (χ0) is 21.4. The minimum absolute atomic E-state index is 0.0858. The van der Waals surface area contributed by atoms with Gasteiger partial charge in [0.15, 0.2) is 5.17 Å². The van der Waals surface area contributed by atoms with Crippen molar-refractivity contribution < 1.29 is 9.59 Å². The molecule has 3 heterocycles. The highest BCUT2D eigenvalue weighted by atomic mass is 35.5. The van der Waals surface area contributed by atoms with Crippen LogP contribution in [0.2, 0.25) is 5.02 Å². The van der Waals surface area contributed by atoms with E-state index in [4.69, 9.17) is 16.6 Å². The number of nitrogens with zero attached hydrogens (tertiary/aromatic N) is 4. The molecule has 0 spiro atoms. The molecule has 4 rings (SSSR count). The largest absolute Gasteiger partial charge is 0.345 e. The third-order valence-corrected chi connectivity index (χ3v) is 6.75. The van der Waals surface area contributed by atoms with E-state index < -0.39 is 0 Å². The van der Waals surface area contributed by atoms with Gasteiger partial charge in [0.05, 0.1) is 23.7 Å². The molecular weight excluding hydrogens is 420 g/mol. The second-order valence-corrected chi connectivity index (χ2v) is 9.18. The van der Waals surface area contributed by atoms with Crippen molar-refractivity contribution in [3.05, 3.63) is 57.2 Å². The fourth-order valence-corrected chi connectivity index (χ4v) is 5.17. The number of benzene rings is 1. The van der Waals surface area contributed by atoms with Crippen molar-refractivity contribution in [2.24, 2.45) is 4.99 Å². The number of fused-ring (bicyclic) bond motifs is 1. The fourth-order valence-electron chi connectivity index (χ4n) is 4.08. The average Bonchev–Trinajstić information content (AvgIpc) is 3.38. The van der Waals surface area contributed by atoms with Gasteiger partial charge in [0.1, 0.15) is 0 Å². The summed E-state index contributed by atoms with van der Waals surface area (Å²) in [5.41, 5.74) is 3.14. The van der Waals surface area contributed by atoms with E-state index in [9.17, 15) is 9.59 Å². The molecule has 1 aromatic rings. The fraction of sp³-hybridized carbons (Fsp3) is 0.409. The second-order valence-electron chi connectivity index (χ2n) is 7.91. The highest BCUT2D eigenvalue weighted by Crippen LogP contribution is 2.45. The molecule has 1 fully saturated rings. The van der Waals surface area contributed by atoms with E-state index >= 15 is 0 Å². The summed E-state index contributed by atoms with van der Waals surface area (Å²) in [4.78, 5) is 36.2. The van der Waals surface area contributed by atoms with E-state index in [1.807, 2.05) is 46.4 Å². The van der Waals surface area contributed by atoms with Crippen LogP contribution in [0, 0.1) is 0 Å². The van der Waals surface area contributed by atoms with Crippen molar-refractivity contribution in [2.75, 3.05) is 27.2 Å². The maximum Gasteiger partial charge on any atom is 0.253 e. The summed E-state index contributed by atoms with van der Waals surface area (Å²) in [7, 11) is 3.49. The number of amidine groups is 1. The van der Waals surface area contributed by atoms with E-state index in [0.29, 0.717) is 22.7 Å². The summed E-state index contributed by atoms with van der Waals surface area (Å²) in [6.07, 6.45) is 2.43. The first-order chi connectivity index (χ1) is 14.4. The number of carbonyl (C=O) groups is 2. The Hall–Kier alpha value is -2.25. The van der Waals surface area contributed by atoms with E-state index in [0.717, 1.165) is 42.4 Å². The lowest BCUT2D eigenvalue weighted by molar-refractivity contribution is -0.129. The van der Waals surface area contributed by atoms with Gasteiger partial charge >= 0.3 is 0 Å². The van der Waals surface area contributed by atoms with Crippen LogP contribution in [0.1, 0.15) is 37.8 Å². The highest BCUT2D eigenvalue weighted by molar-refractivity contribution is 8.16. The average molecular weight is 445 g/mol.